The van der Waals surface area contributed by atoms with Gasteiger partial charge in [-0.05, 0) is 25.0 Å². The fraction of sp³-hybridized carbons (Fsp3) is 0.545. The molecule has 1 N–H and O–H groups in total. The summed E-state index contributed by atoms with van der Waals surface area (Å²) in [4.78, 5) is 4.11. The maximum Gasteiger partial charge on any atom is 0.0620 e. The SMILES string of the molecule is CC(NC1CCOC1)c1cccnc1. The minimum atomic E-state index is 0.357. The van der Waals surface area contributed by atoms with Gasteiger partial charge in [-0.3, -0.25) is 4.98 Å². The average molecular weight is 192 g/mol. The Morgan fingerprint density at radius 2 is 2.57 bits per heavy atom. The van der Waals surface area contributed by atoms with Crippen LogP contribution in [0, 0.1) is 0 Å². The quantitative estimate of drug-likeness (QED) is 0.788. The van der Waals surface area contributed by atoms with Crippen molar-refractivity contribution in [3.63, 3.8) is 0 Å². The molecule has 1 aliphatic heterocycles. The summed E-state index contributed by atoms with van der Waals surface area (Å²) in [6.07, 6.45) is 4.83. The summed E-state index contributed by atoms with van der Waals surface area (Å²) >= 11 is 0. The molecule has 76 valence electrons. The van der Waals surface area contributed by atoms with Crippen LogP contribution in [0.25, 0.3) is 0 Å². The lowest BCUT2D eigenvalue weighted by molar-refractivity contribution is 0.188. The zero-order chi connectivity index (χ0) is 9.80. The van der Waals surface area contributed by atoms with Crippen molar-refractivity contribution in [3.05, 3.63) is 30.1 Å². The normalized spacial score (nSPS) is 23.6. The Bertz CT molecular complexity index is 270. The van der Waals surface area contributed by atoms with Crippen LogP contribution in [0.1, 0.15) is 24.9 Å². The summed E-state index contributed by atoms with van der Waals surface area (Å²) in [6.45, 7) is 3.89. The lowest BCUT2D eigenvalue weighted by Gasteiger charge is -2.17. The number of aromatic nitrogens is 1. The Labute approximate surface area is 84.5 Å². The Morgan fingerprint density at radius 3 is 3.21 bits per heavy atom. The number of hydrogen-bond acceptors (Lipinski definition) is 3. The Kier molecular flexibility index (Phi) is 3.11. The molecule has 1 aromatic heterocycles. The van der Waals surface area contributed by atoms with Gasteiger partial charge in [0.2, 0.25) is 0 Å². The van der Waals surface area contributed by atoms with Gasteiger partial charge in [0.25, 0.3) is 0 Å². The van der Waals surface area contributed by atoms with Crippen molar-refractivity contribution in [2.24, 2.45) is 0 Å². The highest BCUT2D eigenvalue weighted by Crippen LogP contribution is 2.13. The first-order valence-corrected chi connectivity index (χ1v) is 5.10. The molecule has 2 unspecified atom stereocenters. The molecule has 1 fully saturated rings. The Hall–Kier alpha value is -0.930. The van der Waals surface area contributed by atoms with Crippen LogP contribution in [0.3, 0.4) is 0 Å². The van der Waals surface area contributed by atoms with E-state index < -0.39 is 0 Å². The molecule has 14 heavy (non-hydrogen) atoms. The van der Waals surface area contributed by atoms with E-state index in [1.165, 1.54) is 5.56 Å². The van der Waals surface area contributed by atoms with Crippen LogP contribution in [0.4, 0.5) is 0 Å². The average Bonchev–Trinajstić information content (AvgIpc) is 2.72. The third kappa shape index (κ3) is 2.30. The van der Waals surface area contributed by atoms with Gasteiger partial charge in [-0.15, -0.1) is 0 Å². The molecule has 0 radical (unpaired) electrons. The molecule has 0 spiro atoms. The summed E-state index contributed by atoms with van der Waals surface area (Å²) in [5.41, 5.74) is 1.24. The number of rotatable bonds is 3. The molecule has 0 saturated carbocycles. The maximum atomic E-state index is 5.32. The third-order valence-corrected chi connectivity index (χ3v) is 2.60. The van der Waals surface area contributed by atoms with Crippen molar-refractivity contribution in [2.75, 3.05) is 13.2 Å². The molecule has 3 heteroatoms. The van der Waals surface area contributed by atoms with Crippen molar-refractivity contribution in [1.82, 2.24) is 10.3 Å². The van der Waals surface area contributed by atoms with E-state index >= 15 is 0 Å². The highest BCUT2D eigenvalue weighted by Gasteiger charge is 2.17. The highest BCUT2D eigenvalue weighted by atomic mass is 16.5. The van der Waals surface area contributed by atoms with Crippen LogP contribution in [0.2, 0.25) is 0 Å². The first-order chi connectivity index (χ1) is 6.86. The van der Waals surface area contributed by atoms with Crippen LogP contribution in [-0.4, -0.2) is 24.2 Å². The van der Waals surface area contributed by atoms with E-state index in [1.807, 2.05) is 12.3 Å². The van der Waals surface area contributed by atoms with E-state index in [2.05, 4.69) is 23.3 Å². The molecular weight excluding hydrogens is 176 g/mol. The number of hydrogen-bond donors (Lipinski definition) is 1. The lowest BCUT2D eigenvalue weighted by Crippen LogP contribution is -2.31. The highest BCUT2D eigenvalue weighted by molar-refractivity contribution is 5.13. The predicted octanol–water partition coefficient (Wildman–Crippen LogP) is 1.52. The van der Waals surface area contributed by atoms with E-state index in [0.717, 1.165) is 19.6 Å². The van der Waals surface area contributed by atoms with Gasteiger partial charge < -0.3 is 10.1 Å². The number of nitrogens with zero attached hydrogens (tertiary/aromatic N) is 1. The van der Waals surface area contributed by atoms with E-state index in [1.54, 1.807) is 6.20 Å². The first kappa shape index (κ1) is 9.62. The molecule has 1 saturated heterocycles. The molecule has 0 amide bonds. The van der Waals surface area contributed by atoms with Gasteiger partial charge in [0, 0.05) is 31.1 Å². The van der Waals surface area contributed by atoms with Gasteiger partial charge in [-0.25, -0.2) is 0 Å². The topological polar surface area (TPSA) is 34.1 Å². The zero-order valence-corrected chi connectivity index (χ0v) is 8.44. The van der Waals surface area contributed by atoms with Crippen molar-refractivity contribution >= 4 is 0 Å². The lowest BCUT2D eigenvalue weighted by atomic mass is 10.1. The third-order valence-electron chi connectivity index (χ3n) is 2.60. The number of nitrogens with one attached hydrogen (secondary N) is 1. The molecule has 2 rings (SSSR count). The van der Waals surface area contributed by atoms with Gasteiger partial charge in [-0.2, -0.15) is 0 Å². The predicted molar refractivity (Wildman–Crippen MR) is 55.0 cm³/mol. The summed E-state index contributed by atoms with van der Waals surface area (Å²) < 4.78 is 5.32. The molecule has 0 bridgehead atoms. The van der Waals surface area contributed by atoms with E-state index in [4.69, 9.17) is 4.74 Å². The van der Waals surface area contributed by atoms with Gasteiger partial charge in [-0.1, -0.05) is 6.07 Å². The summed E-state index contributed by atoms with van der Waals surface area (Å²) in [5, 5.41) is 3.53. The van der Waals surface area contributed by atoms with E-state index in [-0.39, 0.29) is 0 Å². The van der Waals surface area contributed by atoms with Gasteiger partial charge in [0.15, 0.2) is 0 Å². The second-order valence-electron chi connectivity index (χ2n) is 3.74. The van der Waals surface area contributed by atoms with E-state index in [0.29, 0.717) is 12.1 Å². The maximum absolute atomic E-state index is 5.32. The molecule has 1 aliphatic rings. The summed E-state index contributed by atoms with van der Waals surface area (Å²) in [5.74, 6) is 0. The van der Waals surface area contributed by atoms with Crippen molar-refractivity contribution in [1.29, 1.82) is 0 Å². The zero-order valence-electron chi connectivity index (χ0n) is 8.44. The number of pyridine rings is 1. The van der Waals surface area contributed by atoms with Crippen LogP contribution in [0.5, 0.6) is 0 Å². The standard InChI is InChI=1S/C11H16N2O/c1-9(10-3-2-5-12-7-10)13-11-4-6-14-8-11/h2-3,5,7,9,11,13H,4,6,8H2,1H3. The Morgan fingerprint density at radius 1 is 1.64 bits per heavy atom. The van der Waals surface area contributed by atoms with Crippen molar-refractivity contribution in [2.45, 2.75) is 25.4 Å². The smallest absolute Gasteiger partial charge is 0.0620 e. The fourth-order valence-corrected chi connectivity index (χ4v) is 1.75. The minimum Gasteiger partial charge on any atom is -0.380 e. The molecule has 2 atom stereocenters. The fourth-order valence-electron chi connectivity index (χ4n) is 1.75. The molecule has 2 heterocycles. The Balaban J connectivity index is 1.92. The van der Waals surface area contributed by atoms with E-state index in [9.17, 15) is 0 Å². The van der Waals surface area contributed by atoms with Crippen LogP contribution in [-0.2, 0) is 4.74 Å². The van der Waals surface area contributed by atoms with Crippen molar-refractivity contribution < 1.29 is 4.74 Å². The molecule has 3 nitrogen and oxygen atoms in total. The van der Waals surface area contributed by atoms with Gasteiger partial charge in [0.05, 0.1) is 6.61 Å². The largest absolute Gasteiger partial charge is 0.380 e. The molecular formula is C11H16N2O. The monoisotopic (exact) mass is 192 g/mol. The number of ether oxygens (including phenoxy) is 1. The summed E-state index contributed by atoms with van der Waals surface area (Å²) in [6, 6.07) is 4.93. The second kappa shape index (κ2) is 4.53. The van der Waals surface area contributed by atoms with Crippen LogP contribution in [0.15, 0.2) is 24.5 Å². The second-order valence-corrected chi connectivity index (χ2v) is 3.74. The first-order valence-electron chi connectivity index (χ1n) is 5.10. The van der Waals surface area contributed by atoms with Crippen LogP contribution >= 0.6 is 0 Å². The van der Waals surface area contributed by atoms with Crippen LogP contribution < -0.4 is 5.32 Å². The molecule has 0 aliphatic carbocycles. The summed E-state index contributed by atoms with van der Waals surface area (Å²) in [7, 11) is 0. The molecule has 0 aromatic carbocycles. The van der Waals surface area contributed by atoms with Crippen molar-refractivity contribution in [3.8, 4) is 0 Å². The van der Waals surface area contributed by atoms with Gasteiger partial charge >= 0.3 is 0 Å². The minimum absolute atomic E-state index is 0.357. The van der Waals surface area contributed by atoms with Gasteiger partial charge in [0.1, 0.15) is 0 Å². The molecule has 1 aromatic rings.